The van der Waals surface area contributed by atoms with Gasteiger partial charge in [-0.2, -0.15) is 0 Å². The number of hydrogen-bond donors (Lipinski definition) is 1. The van der Waals surface area contributed by atoms with Crippen LogP contribution in [0, 0.1) is 0 Å². The van der Waals surface area contributed by atoms with Gasteiger partial charge in [0.05, 0.1) is 11.2 Å². The molecule has 0 aromatic rings. The number of aliphatic hydroxyl groups is 1. The van der Waals surface area contributed by atoms with E-state index in [2.05, 4.69) is 0 Å². The van der Waals surface area contributed by atoms with Crippen molar-refractivity contribution in [2.24, 2.45) is 0 Å². The van der Waals surface area contributed by atoms with E-state index in [-0.39, 0.29) is 5.78 Å². The highest BCUT2D eigenvalue weighted by Crippen LogP contribution is 2.38. The molecule has 0 amide bonds. The Bertz CT molecular complexity index is 328. The first-order chi connectivity index (χ1) is 7.57. The van der Waals surface area contributed by atoms with Crippen molar-refractivity contribution in [1.29, 1.82) is 0 Å². The predicted molar refractivity (Wildman–Crippen MR) is 66.5 cm³/mol. The van der Waals surface area contributed by atoms with E-state index in [1.165, 1.54) is 13.0 Å². The smallest absolute Gasteiger partial charge is 0.400 e. The summed E-state index contributed by atoms with van der Waals surface area (Å²) in [5.41, 5.74) is -0.157. The molecule has 1 aliphatic rings. The van der Waals surface area contributed by atoms with Crippen LogP contribution in [0.5, 0.6) is 0 Å². The summed E-state index contributed by atoms with van der Waals surface area (Å²) < 4.78 is 11.6. The average Bonchev–Trinajstić information content (AvgIpc) is 2.35. The van der Waals surface area contributed by atoms with Gasteiger partial charge in [-0.3, -0.25) is 4.79 Å². The third-order valence-electron chi connectivity index (χ3n) is 3.41. The average molecular weight is 240 g/mol. The molecule has 0 radical (unpaired) electrons. The largest absolute Gasteiger partial charge is 0.490 e. The molecule has 1 fully saturated rings. The van der Waals surface area contributed by atoms with E-state index in [0.29, 0.717) is 5.47 Å². The molecule has 1 unspecified atom stereocenters. The van der Waals surface area contributed by atoms with Crippen LogP contribution >= 0.6 is 0 Å². The lowest BCUT2D eigenvalue weighted by atomic mass is 9.78. The fourth-order valence-corrected chi connectivity index (χ4v) is 1.44. The van der Waals surface area contributed by atoms with E-state index in [0.717, 1.165) is 0 Å². The van der Waals surface area contributed by atoms with Gasteiger partial charge in [-0.05, 0) is 53.1 Å². The van der Waals surface area contributed by atoms with Crippen molar-refractivity contribution in [3.63, 3.8) is 0 Å². The van der Waals surface area contributed by atoms with Crippen LogP contribution in [0.25, 0.3) is 0 Å². The van der Waals surface area contributed by atoms with E-state index >= 15 is 0 Å². The lowest BCUT2D eigenvalue weighted by Gasteiger charge is -2.32. The fourth-order valence-electron chi connectivity index (χ4n) is 1.44. The molecule has 1 aliphatic heterocycles. The number of rotatable bonds is 3. The minimum atomic E-state index is -0.993. The van der Waals surface area contributed by atoms with Crippen LogP contribution in [-0.2, 0) is 14.1 Å². The maximum atomic E-state index is 11.4. The minimum absolute atomic E-state index is 0.336. The van der Waals surface area contributed by atoms with Gasteiger partial charge in [-0.1, -0.05) is 0 Å². The van der Waals surface area contributed by atoms with Gasteiger partial charge in [0, 0.05) is 0 Å². The van der Waals surface area contributed by atoms with Crippen molar-refractivity contribution in [2.45, 2.75) is 58.8 Å². The van der Waals surface area contributed by atoms with Gasteiger partial charge < -0.3 is 14.4 Å². The molecule has 1 rings (SSSR count). The van der Waals surface area contributed by atoms with Crippen LogP contribution < -0.4 is 0 Å². The number of ketones is 1. The molecule has 4 nitrogen and oxygen atoms in total. The molecule has 1 heterocycles. The van der Waals surface area contributed by atoms with Crippen molar-refractivity contribution in [1.82, 2.24) is 0 Å². The highest BCUT2D eigenvalue weighted by atomic mass is 16.7. The van der Waals surface area contributed by atoms with Gasteiger partial charge in [0.25, 0.3) is 0 Å². The molecule has 0 bridgehead atoms. The Morgan fingerprint density at radius 1 is 1.24 bits per heavy atom. The Kier molecular flexibility index (Phi) is 3.86. The normalized spacial score (nSPS) is 24.9. The van der Waals surface area contributed by atoms with Crippen molar-refractivity contribution in [3.8, 4) is 0 Å². The van der Waals surface area contributed by atoms with E-state index in [1.54, 1.807) is 6.92 Å². The lowest BCUT2D eigenvalue weighted by Crippen LogP contribution is -2.41. The first-order valence-corrected chi connectivity index (χ1v) is 5.82. The zero-order valence-corrected chi connectivity index (χ0v) is 11.4. The lowest BCUT2D eigenvalue weighted by molar-refractivity contribution is -0.121. The molecular formula is C12H21BO4. The van der Waals surface area contributed by atoms with Gasteiger partial charge in [0.2, 0.25) is 0 Å². The van der Waals surface area contributed by atoms with Crippen LogP contribution in [0.3, 0.4) is 0 Å². The van der Waals surface area contributed by atoms with E-state index < -0.39 is 24.4 Å². The standard InChI is InChI=1S/C12H21BO4/c1-8(7-10(15)9(2)14)13-16-11(3,4)12(5,6)17-13/h7,9,14H,1-6H3/b8-7+. The van der Waals surface area contributed by atoms with E-state index in [1.807, 2.05) is 27.7 Å². The number of carbonyl (C=O) groups is 1. The summed E-state index contributed by atoms with van der Waals surface area (Å²) in [6.07, 6.45) is 0.389. The van der Waals surface area contributed by atoms with Crippen LogP contribution in [0.1, 0.15) is 41.5 Å². The van der Waals surface area contributed by atoms with Crippen LogP contribution in [-0.4, -0.2) is 35.3 Å². The molecule has 96 valence electrons. The highest BCUT2D eigenvalue weighted by molar-refractivity contribution is 6.55. The summed E-state index contributed by atoms with van der Waals surface area (Å²) in [4.78, 5) is 11.4. The summed E-state index contributed by atoms with van der Waals surface area (Å²) in [7, 11) is -0.525. The van der Waals surface area contributed by atoms with E-state index in [9.17, 15) is 4.79 Å². The third kappa shape index (κ3) is 2.97. The Morgan fingerprint density at radius 3 is 2.00 bits per heavy atom. The Morgan fingerprint density at radius 2 is 1.65 bits per heavy atom. The highest BCUT2D eigenvalue weighted by Gasteiger charge is 2.51. The maximum absolute atomic E-state index is 11.4. The maximum Gasteiger partial charge on any atom is 0.490 e. The van der Waals surface area contributed by atoms with Gasteiger partial charge in [0.15, 0.2) is 5.78 Å². The molecule has 0 saturated carbocycles. The van der Waals surface area contributed by atoms with Crippen molar-refractivity contribution < 1.29 is 19.2 Å². The second-order valence-corrected chi connectivity index (χ2v) is 5.55. The summed E-state index contributed by atoms with van der Waals surface area (Å²) in [6, 6.07) is 0. The fraction of sp³-hybridized carbons (Fsp3) is 0.750. The zero-order valence-electron chi connectivity index (χ0n) is 11.4. The Balaban J connectivity index is 2.82. The second kappa shape index (κ2) is 4.56. The van der Waals surface area contributed by atoms with Gasteiger partial charge in [0.1, 0.15) is 6.10 Å². The molecule has 0 aromatic carbocycles. The summed E-state index contributed by atoms with van der Waals surface area (Å²) in [5, 5.41) is 9.14. The first kappa shape index (κ1) is 14.4. The number of carbonyl (C=O) groups excluding carboxylic acids is 1. The second-order valence-electron chi connectivity index (χ2n) is 5.55. The van der Waals surface area contributed by atoms with Crippen molar-refractivity contribution >= 4 is 12.9 Å². The van der Waals surface area contributed by atoms with Crippen LogP contribution in [0.15, 0.2) is 11.5 Å². The zero-order chi connectivity index (χ0) is 13.4. The summed E-state index contributed by atoms with van der Waals surface area (Å²) in [5.74, 6) is -0.336. The van der Waals surface area contributed by atoms with Gasteiger partial charge >= 0.3 is 7.12 Å². The molecule has 1 N–H and O–H groups in total. The molecule has 0 aromatic heterocycles. The topological polar surface area (TPSA) is 55.8 Å². The molecular weight excluding hydrogens is 219 g/mol. The third-order valence-corrected chi connectivity index (χ3v) is 3.41. The molecule has 5 heteroatoms. The molecule has 0 aliphatic carbocycles. The van der Waals surface area contributed by atoms with Crippen LogP contribution in [0.2, 0.25) is 0 Å². The van der Waals surface area contributed by atoms with E-state index in [4.69, 9.17) is 14.4 Å². The molecule has 1 saturated heterocycles. The molecule has 17 heavy (non-hydrogen) atoms. The Hall–Kier alpha value is -0.645. The monoisotopic (exact) mass is 240 g/mol. The first-order valence-electron chi connectivity index (χ1n) is 5.82. The number of allylic oxidation sites excluding steroid dienone is 1. The predicted octanol–water partition coefficient (Wildman–Crippen LogP) is 1.51. The summed E-state index contributed by atoms with van der Waals surface area (Å²) in [6.45, 7) is 11.0. The van der Waals surface area contributed by atoms with Gasteiger partial charge in [-0.25, -0.2) is 0 Å². The quantitative estimate of drug-likeness (QED) is 0.600. The molecule has 0 spiro atoms. The summed E-state index contributed by atoms with van der Waals surface area (Å²) >= 11 is 0. The Labute approximate surface area is 103 Å². The van der Waals surface area contributed by atoms with Crippen LogP contribution in [0.4, 0.5) is 0 Å². The molecule has 1 atom stereocenters. The van der Waals surface area contributed by atoms with Crippen molar-refractivity contribution in [2.75, 3.05) is 0 Å². The van der Waals surface area contributed by atoms with Gasteiger partial charge in [-0.15, -0.1) is 0 Å². The minimum Gasteiger partial charge on any atom is -0.400 e. The van der Waals surface area contributed by atoms with Crippen molar-refractivity contribution in [3.05, 3.63) is 11.5 Å². The SMILES string of the molecule is C/C(=C\C(=O)C(C)O)B1OC(C)(C)C(C)(C)O1. The number of aliphatic hydroxyl groups excluding tert-OH is 1. The number of hydrogen-bond acceptors (Lipinski definition) is 4.